The summed E-state index contributed by atoms with van der Waals surface area (Å²) < 4.78 is 4.58. The van der Waals surface area contributed by atoms with Crippen LogP contribution >= 0.6 is 15.9 Å². The molecule has 0 spiro atoms. The van der Waals surface area contributed by atoms with Crippen LogP contribution in [0.15, 0.2) is 41.1 Å². The first-order valence-electron chi connectivity index (χ1n) is 6.16. The van der Waals surface area contributed by atoms with Crippen LogP contribution in [0.2, 0.25) is 0 Å². The highest BCUT2D eigenvalue weighted by molar-refractivity contribution is 9.10. The molecule has 0 bridgehead atoms. The molecule has 3 aromatic rings. The van der Waals surface area contributed by atoms with Crippen LogP contribution < -0.4 is 5.73 Å². The van der Waals surface area contributed by atoms with Gasteiger partial charge in [0.25, 0.3) is 0 Å². The first kappa shape index (κ1) is 12.9. The zero-order chi connectivity index (χ0) is 14.3. The van der Waals surface area contributed by atoms with Crippen LogP contribution in [-0.4, -0.2) is 19.6 Å². The van der Waals surface area contributed by atoms with Crippen LogP contribution in [0.25, 0.3) is 16.9 Å². The van der Waals surface area contributed by atoms with Gasteiger partial charge in [-0.05, 0) is 31.2 Å². The summed E-state index contributed by atoms with van der Waals surface area (Å²) >= 11 is 3.42. The summed E-state index contributed by atoms with van der Waals surface area (Å²) in [5.74, 6) is 0. The molecule has 0 fully saturated rings. The molecule has 0 unspecified atom stereocenters. The van der Waals surface area contributed by atoms with Crippen molar-refractivity contribution in [3.05, 3.63) is 46.8 Å². The number of hydrogen-bond acceptors (Lipinski definition) is 3. The lowest BCUT2D eigenvalue weighted by Crippen LogP contribution is -1.94. The number of hydrogen-bond donors (Lipinski definition) is 1. The van der Waals surface area contributed by atoms with Gasteiger partial charge in [-0.25, -0.2) is 4.68 Å². The summed E-state index contributed by atoms with van der Waals surface area (Å²) in [5.41, 5.74) is 10.3. The molecule has 2 N–H and O–H groups in total. The number of rotatable bonds is 2. The highest BCUT2D eigenvalue weighted by Crippen LogP contribution is 2.27. The van der Waals surface area contributed by atoms with E-state index < -0.39 is 0 Å². The van der Waals surface area contributed by atoms with E-state index in [1.165, 1.54) is 0 Å². The summed E-state index contributed by atoms with van der Waals surface area (Å²) in [4.78, 5) is 0. The molecule has 0 aliphatic heterocycles. The van der Waals surface area contributed by atoms with Crippen LogP contribution in [0.1, 0.15) is 5.69 Å². The molecule has 102 valence electrons. The maximum atomic E-state index is 6.09. The molecule has 0 saturated carbocycles. The Balaban J connectivity index is 2.07. The molecule has 0 amide bonds. The van der Waals surface area contributed by atoms with Crippen molar-refractivity contribution in [2.45, 2.75) is 6.92 Å². The predicted octanol–water partition coefficient (Wildman–Crippen LogP) is 2.93. The highest BCUT2D eigenvalue weighted by atomic mass is 79.9. The number of nitrogens with zero attached hydrogens (tertiary/aromatic N) is 4. The van der Waals surface area contributed by atoms with Crippen molar-refractivity contribution < 1.29 is 0 Å². The number of nitrogens with two attached hydrogens (primary N) is 1. The van der Waals surface area contributed by atoms with Crippen molar-refractivity contribution in [2.24, 2.45) is 7.05 Å². The van der Waals surface area contributed by atoms with Crippen LogP contribution in [0.4, 0.5) is 5.69 Å². The largest absolute Gasteiger partial charge is 0.396 e. The van der Waals surface area contributed by atoms with Crippen molar-refractivity contribution in [1.29, 1.82) is 0 Å². The number of benzene rings is 1. The molecule has 1 aromatic carbocycles. The maximum Gasteiger partial charge on any atom is 0.119 e. The van der Waals surface area contributed by atoms with E-state index in [0.717, 1.165) is 27.1 Å². The Bertz CT molecular complexity index is 754. The molecule has 0 aliphatic carbocycles. The second-order valence-electron chi connectivity index (χ2n) is 4.66. The monoisotopic (exact) mass is 331 g/mol. The molecule has 2 aromatic heterocycles. The Hall–Kier alpha value is -2.08. The number of anilines is 1. The molecule has 20 heavy (non-hydrogen) atoms. The number of halogens is 1. The second-order valence-corrected chi connectivity index (χ2v) is 5.57. The Morgan fingerprint density at radius 3 is 2.40 bits per heavy atom. The standard InChI is InChI=1S/C14H14BrN5/c1-9-12(7-19(2)17-9)14-13(16)8-20(18-14)11-5-3-10(15)4-6-11/h3-8H,16H2,1-2H3. The Labute approximate surface area is 125 Å². The topological polar surface area (TPSA) is 61.7 Å². The molecule has 0 atom stereocenters. The average molecular weight is 332 g/mol. The van der Waals surface area contributed by atoms with Crippen LogP contribution in [0.3, 0.4) is 0 Å². The fourth-order valence-electron chi connectivity index (χ4n) is 2.15. The predicted molar refractivity (Wildman–Crippen MR) is 82.6 cm³/mol. The SMILES string of the molecule is Cc1nn(C)cc1-c1nn(-c2ccc(Br)cc2)cc1N. The van der Waals surface area contributed by atoms with Gasteiger partial charge in [-0.15, -0.1) is 0 Å². The van der Waals surface area contributed by atoms with Gasteiger partial charge in [0.05, 0.1) is 23.3 Å². The summed E-state index contributed by atoms with van der Waals surface area (Å²) in [6.45, 7) is 1.95. The number of aryl methyl sites for hydroxylation is 2. The first-order chi connectivity index (χ1) is 9.54. The highest BCUT2D eigenvalue weighted by Gasteiger charge is 2.14. The zero-order valence-corrected chi connectivity index (χ0v) is 12.8. The molecule has 0 saturated heterocycles. The van der Waals surface area contributed by atoms with Gasteiger partial charge in [0.15, 0.2) is 0 Å². The van der Waals surface area contributed by atoms with Gasteiger partial charge in [-0.2, -0.15) is 10.2 Å². The van der Waals surface area contributed by atoms with Crippen LogP contribution in [0, 0.1) is 6.92 Å². The lowest BCUT2D eigenvalue weighted by atomic mass is 10.2. The molecular formula is C14H14BrN5. The van der Waals surface area contributed by atoms with E-state index in [1.807, 2.05) is 50.6 Å². The van der Waals surface area contributed by atoms with Gasteiger partial charge >= 0.3 is 0 Å². The average Bonchev–Trinajstić information content (AvgIpc) is 2.93. The summed E-state index contributed by atoms with van der Waals surface area (Å²) in [7, 11) is 1.89. The molecule has 2 heterocycles. The number of aromatic nitrogens is 4. The summed E-state index contributed by atoms with van der Waals surface area (Å²) in [6, 6.07) is 7.91. The van der Waals surface area contributed by atoms with Crippen molar-refractivity contribution in [3.8, 4) is 16.9 Å². The van der Waals surface area contributed by atoms with Gasteiger partial charge in [0.1, 0.15) is 5.69 Å². The third kappa shape index (κ3) is 2.22. The lowest BCUT2D eigenvalue weighted by molar-refractivity contribution is 0.756. The van der Waals surface area contributed by atoms with E-state index >= 15 is 0 Å². The third-order valence-corrected chi connectivity index (χ3v) is 3.63. The minimum absolute atomic E-state index is 0.643. The van der Waals surface area contributed by atoms with E-state index in [0.29, 0.717) is 5.69 Å². The molecule has 0 radical (unpaired) electrons. The molecule has 5 nitrogen and oxygen atoms in total. The van der Waals surface area contributed by atoms with Crippen molar-refractivity contribution in [2.75, 3.05) is 5.73 Å². The van der Waals surface area contributed by atoms with Gasteiger partial charge in [0, 0.05) is 23.3 Å². The summed E-state index contributed by atoms with van der Waals surface area (Å²) in [6.07, 6.45) is 3.75. The molecule has 6 heteroatoms. The van der Waals surface area contributed by atoms with E-state index in [4.69, 9.17) is 5.73 Å². The van der Waals surface area contributed by atoms with Crippen LogP contribution in [-0.2, 0) is 7.05 Å². The maximum absolute atomic E-state index is 6.09. The van der Waals surface area contributed by atoms with Crippen molar-refractivity contribution in [3.63, 3.8) is 0 Å². The van der Waals surface area contributed by atoms with Gasteiger partial charge in [-0.1, -0.05) is 15.9 Å². The van der Waals surface area contributed by atoms with Gasteiger partial charge < -0.3 is 5.73 Å². The van der Waals surface area contributed by atoms with E-state index in [2.05, 4.69) is 26.1 Å². The molecular weight excluding hydrogens is 318 g/mol. The third-order valence-electron chi connectivity index (χ3n) is 3.10. The van der Waals surface area contributed by atoms with Gasteiger partial charge in [-0.3, -0.25) is 4.68 Å². The smallest absolute Gasteiger partial charge is 0.119 e. The van der Waals surface area contributed by atoms with Crippen molar-refractivity contribution in [1.82, 2.24) is 19.6 Å². The quantitative estimate of drug-likeness (QED) is 0.785. The van der Waals surface area contributed by atoms with Crippen molar-refractivity contribution >= 4 is 21.6 Å². The number of nitrogen functional groups attached to an aromatic ring is 1. The second kappa shape index (κ2) is 4.79. The Morgan fingerprint density at radius 2 is 1.80 bits per heavy atom. The Morgan fingerprint density at radius 1 is 1.10 bits per heavy atom. The van der Waals surface area contributed by atoms with E-state index in [-0.39, 0.29) is 0 Å². The normalized spacial score (nSPS) is 10.9. The fraction of sp³-hybridized carbons (Fsp3) is 0.143. The van der Waals surface area contributed by atoms with Gasteiger partial charge in [0.2, 0.25) is 0 Å². The van der Waals surface area contributed by atoms with Crippen LogP contribution in [0.5, 0.6) is 0 Å². The zero-order valence-electron chi connectivity index (χ0n) is 11.2. The minimum Gasteiger partial charge on any atom is -0.396 e. The molecule has 3 rings (SSSR count). The lowest BCUT2D eigenvalue weighted by Gasteiger charge is -2.00. The van der Waals surface area contributed by atoms with E-state index in [9.17, 15) is 0 Å². The minimum atomic E-state index is 0.643. The molecule has 0 aliphatic rings. The van der Waals surface area contributed by atoms with E-state index in [1.54, 1.807) is 9.36 Å². The summed E-state index contributed by atoms with van der Waals surface area (Å²) in [5, 5.41) is 8.90. The Kier molecular flexibility index (Phi) is 3.10. The fourth-order valence-corrected chi connectivity index (χ4v) is 2.42. The first-order valence-corrected chi connectivity index (χ1v) is 6.95.